The van der Waals surface area contributed by atoms with E-state index in [1.54, 1.807) is 0 Å². The van der Waals surface area contributed by atoms with Gasteiger partial charge in [-0.1, -0.05) is 65.7 Å². The molecule has 0 aliphatic heterocycles. The number of hydrogen-bond donors (Lipinski definition) is 1. The summed E-state index contributed by atoms with van der Waals surface area (Å²) in [6.07, 6.45) is 10.9. The molecule has 0 aromatic heterocycles. The Morgan fingerprint density at radius 3 is 1.73 bits per heavy atom. The van der Waals surface area contributed by atoms with E-state index in [1.807, 2.05) is 0 Å². The molecule has 1 nitrogen and oxygen atoms in total. The number of hydrogen-bond acceptors (Lipinski definition) is 1. The topological polar surface area (TPSA) is 26.0 Å². The molecule has 0 aromatic rings. The highest BCUT2D eigenvalue weighted by Gasteiger charge is 2.13. The Kier molecular flexibility index (Phi) is 10.4. The summed E-state index contributed by atoms with van der Waals surface area (Å²) in [5, 5.41) is 0. The molecule has 0 rings (SSSR count). The highest BCUT2D eigenvalue weighted by atomic mass is 14.5. The summed E-state index contributed by atoms with van der Waals surface area (Å²) in [5.74, 6) is 1.71. The van der Waals surface area contributed by atoms with Crippen LogP contribution >= 0.6 is 0 Å². The van der Waals surface area contributed by atoms with Crippen molar-refractivity contribution in [1.82, 2.24) is 0 Å². The second-order valence-electron chi connectivity index (χ2n) is 4.90. The van der Waals surface area contributed by atoms with Gasteiger partial charge in [0.2, 0.25) is 0 Å². The summed E-state index contributed by atoms with van der Waals surface area (Å²) in [6, 6.07) is 0. The standard InChI is InChI=1S/C14H31N/c1-4-7-9-14(10-8-5-2)11-13(6-3)12-15/h13-14H,4-12,15H2,1-3H3. The van der Waals surface area contributed by atoms with Crippen molar-refractivity contribution in [2.24, 2.45) is 17.6 Å². The summed E-state index contributed by atoms with van der Waals surface area (Å²) < 4.78 is 0. The highest BCUT2D eigenvalue weighted by molar-refractivity contribution is 4.66. The van der Waals surface area contributed by atoms with Crippen molar-refractivity contribution in [2.75, 3.05) is 6.54 Å². The van der Waals surface area contributed by atoms with Crippen LogP contribution in [0.4, 0.5) is 0 Å². The zero-order valence-corrected chi connectivity index (χ0v) is 11.1. The third kappa shape index (κ3) is 7.84. The molecule has 0 heterocycles. The van der Waals surface area contributed by atoms with Crippen LogP contribution in [-0.2, 0) is 0 Å². The van der Waals surface area contributed by atoms with Crippen LogP contribution in [0.25, 0.3) is 0 Å². The molecule has 0 saturated carbocycles. The lowest BCUT2D eigenvalue weighted by Gasteiger charge is -2.21. The van der Waals surface area contributed by atoms with E-state index in [-0.39, 0.29) is 0 Å². The largest absolute Gasteiger partial charge is 0.330 e. The van der Waals surface area contributed by atoms with Crippen molar-refractivity contribution in [3.05, 3.63) is 0 Å². The van der Waals surface area contributed by atoms with Crippen LogP contribution in [0.5, 0.6) is 0 Å². The molecule has 92 valence electrons. The molecular formula is C14H31N. The lowest BCUT2D eigenvalue weighted by molar-refractivity contribution is 0.320. The van der Waals surface area contributed by atoms with E-state index in [2.05, 4.69) is 20.8 Å². The first-order valence-corrected chi connectivity index (χ1v) is 6.98. The lowest BCUT2D eigenvalue weighted by atomic mass is 9.86. The van der Waals surface area contributed by atoms with Crippen molar-refractivity contribution in [2.45, 2.75) is 72.1 Å². The van der Waals surface area contributed by atoms with Crippen LogP contribution in [0, 0.1) is 11.8 Å². The molecule has 1 heteroatoms. The quantitative estimate of drug-likeness (QED) is 0.573. The van der Waals surface area contributed by atoms with Crippen LogP contribution < -0.4 is 5.73 Å². The van der Waals surface area contributed by atoms with Gasteiger partial charge >= 0.3 is 0 Å². The van der Waals surface area contributed by atoms with Crippen molar-refractivity contribution >= 4 is 0 Å². The molecule has 0 radical (unpaired) electrons. The minimum Gasteiger partial charge on any atom is -0.330 e. The Bertz CT molecular complexity index is 111. The molecule has 0 saturated heterocycles. The van der Waals surface area contributed by atoms with E-state index < -0.39 is 0 Å². The van der Waals surface area contributed by atoms with Crippen LogP contribution in [-0.4, -0.2) is 6.54 Å². The van der Waals surface area contributed by atoms with Gasteiger partial charge in [-0.25, -0.2) is 0 Å². The fourth-order valence-electron chi connectivity index (χ4n) is 2.27. The van der Waals surface area contributed by atoms with Gasteiger partial charge in [-0.2, -0.15) is 0 Å². The molecule has 0 aromatic carbocycles. The number of nitrogens with two attached hydrogens (primary N) is 1. The Hall–Kier alpha value is -0.0400. The van der Waals surface area contributed by atoms with Crippen molar-refractivity contribution in [3.63, 3.8) is 0 Å². The normalized spacial score (nSPS) is 13.4. The van der Waals surface area contributed by atoms with Crippen molar-refractivity contribution in [3.8, 4) is 0 Å². The first kappa shape index (κ1) is 15.0. The molecule has 0 amide bonds. The van der Waals surface area contributed by atoms with Gasteiger partial charge in [0, 0.05) is 0 Å². The van der Waals surface area contributed by atoms with Crippen molar-refractivity contribution in [1.29, 1.82) is 0 Å². The maximum atomic E-state index is 5.79. The third-order valence-corrected chi connectivity index (χ3v) is 3.51. The SMILES string of the molecule is CCCCC(CCCC)CC(CC)CN. The zero-order valence-electron chi connectivity index (χ0n) is 11.1. The monoisotopic (exact) mass is 213 g/mol. The second kappa shape index (κ2) is 10.5. The van der Waals surface area contributed by atoms with Gasteiger partial charge in [0.25, 0.3) is 0 Å². The van der Waals surface area contributed by atoms with E-state index in [0.29, 0.717) is 0 Å². The molecule has 1 atom stereocenters. The average Bonchev–Trinajstić information content (AvgIpc) is 2.28. The fraction of sp³-hybridized carbons (Fsp3) is 1.00. The third-order valence-electron chi connectivity index (χ3n) is 3.51. The lowest BCUT2D eigenvalue weighted by Crippen LogP contribution is -2.17. The molecule has 0 spiro atoms. The molecule has 1 unspecified atom stereocenters. The molecule has 0 aliphatic rings. The van der Waals surface area contributed by atoms with E-state index in [4.69, 9.17) is 5.73 Å². The first-order chi connectivity index (χ1) is 7.28. The smallest absolute Gasteiger partial charge is 0.00489 e. The summed E-state index contributed by atoms with van der Waals surface area (Å²) in [6.45, 7) is 7.73. The molecule has 0 aliphatic carbocycles. The summed E-state index contributed by atoms with van der Waals surface area (Å²) >= 11 is 0. The van der Waals surface area contributed by atoms with Crippen LogP contribution in [0.1, 0.15) is 72.1 Å². The van der Waals surface area contributed by atoms with Crippen LogP contribution in [0.15, 0.2) is 0 Å². The summed E-state index contributed by atoms with van der Waals surface area (Å²) in [5.41, 5.74) is 5.79. The summed E-state index contributed by atoms with van der Waals surface area (Å²) in [7, 11) is 0. The second-order valence-corrected chi connectivity index (χ2v) is 4.90. The Morgan fingerprint density at radius 2 is 1.40 bits per heavy atom. The maximum absolute atomic E-state index is 5.79. The molecule has 0 bridgehead atoms. The minimum absolute atomic E-state index is 0.767. The molecule has 15 heavy (non-hydrogen) atoms. The Morgan fingerprint density at radius 1 is 0.867 bits per heavy atom. The first-order valence-electron chi connectivity index (χ1n) is 6.98. The number of rotatable bonds is 10. The predicted molar refractivity (Wildman–Crippen MR) is 70.0 cm³/mol. The van der Waals surface area contributed by atoms with Gasteiger partial charge < -0.3 is 5.73 Å². The van der Waals surface area contributed by atoms with E-state index in [1.165, 1.54) is 51.4 Å². The Labute approximate surface area is 96.8 Å². The van der Waals surface area contributed by atoms with E-state index in [0.717, 1.165) is 18.4 Å². The fourth-order valence-corrected chi connectivity index (χ4v) is 2.27. The summed E-state index contributed by atoms with van der Waals surface area (Å²) in [4.78, 5) is 0. The van der Waals surface area contributed by atoms with Gasteiger partial charge in [-0.05, 0) is 24.8 Å². The van der Waals surface area contributed by atoms with E-state index in [9.17, 15) is 0 Å². The molecular weight excluding hydrogens is 182 g/mol. The Balaban J connectivity index is 3.86. The zero-order chi connectivity index (χ0) is 11.5. The molecule has 2 N–H and O–H groups in total. The predicted octanol–water partition coefficient (Wildman–Crippen LogP) is 4.36. The van der Waals surface area contributed by atoms with Gasteiger partial charge in [0.15, 0.2) is 0 Å². The van der Waals surface area contributed by atoms with Gasteiger partial charge in [0.1, 0.15) is 0 Å². The minimum atomic E-state index is 0.767. The van der Waals surface area contributed by atoms with Gasteiger partial charge in [-0.15, -0.1) is 0 Å². The van der Waals surface area contributed by atoms with Crippen LogP contribution in [0.3, 0.4) is 0 Å². The molecule has 0 fully saturated rings. The maximum Gasteiger partial charge on any atom is -0.00489 e. The van der Waals surface area contributed by atoms with Crippen LogP contribution in [0.2, 0.25) is 0 Å². The average molecular weight is 213 g/mol. The highest BCUT2D eigenvalue weighted by Crippen LogP contribution is 2.24. The van der Waals surface area contributed by atoms with Gasteiger partial charge in [0.05, 0.1) is 0 Å². The van der Waals surface area contributed by atoms with E-state index >= 15 is 0 Å². The van der Waals surface area contributed by atoms with Crippen molar-refractivity contribution < 1.29 is 0 Å². The number of unbranched alkanes of at least 4 members (excludes halogenated alkanes) is 2. The van der Waals surface area contributed by atoms with Gasteiger partial charge in [-0.3, -0.25) is 0 Å².